The number of hydrogen-bond acceptors (Lipinski definition) is 6. The van der Waals surface area contributed by atoms with Crippen molar-refractivity contribution < 1.29 is 9.47 Å². The molecule has 1 atom stereocenters. The molecule has 0 amide bonds. The molecule has 29 heavy (non-hydrogen) atoms. The molecule has 0 bridgehead atoms. The summed E-state index contributed by atoms with van der Waals surface area (Å²) in [4.78, 5) is 22.1. The van der Waals surface area contributed by atoms with Gasteiger partial charge >= 0.3 is 0 Å². The summed E-state index contributed by atoms with van der Waals surface area (Å²) in [5, 5.41) is 3.93. The highest BCUT2D eigenvalue weighted by molar-refractivity contribution is 5.81. The van der Waals surface area contributed by atoms with Crippen LogP contribution in [0.15, 0.2) is 52.2 Å². The van der Waals surface area contributed by atoms with E-state index < -0.39 is 0 Å². The number of nitrogens with one attached hydrogen (secondary N) is 2. The smallest absolute Gasteiger partial charge is 0.258 e. The number of allylic oxidation sites excluding steroid dienone is 3. The van der Waals surface area contributed by atoms with Gasteiger partial charge in [-0.25, -0.2) is 4.98 Å². The van der Waals surface area contributed by atoms with Crippen LogP contribution in [0, 0.1) is 0 Å². The average Bonchev–Trinajstić information content (AvgIpc) is 3.09. The molecule has 0 aliphatic carbocycles. The summed E-state index contributed by atoms with van der Waals surface area (Å²) < 4.78 is 10.6. The molecule has 2 aliphatic heterocycles. The van der Waals surface area contributed by atoms with Crippen LogP contribution in [0.3, 0.4) is 0 Å². The Morgan fingerprint density at radius 2 is 1.76 bits per heavy atom. The number of benzene rings is 1. The minimum absolute atomic E-state index is 0.111. The van der Waals surface area contributed by atoms with E-state index in [1.807, 2.05) is 13.8 Å². The fraction of sp³-hybridized carbons (Fsp3) is 0.364. The molecular formula is C22H28N4O3. The van der Waals surface area contributed by atoms with Gasteiger partial charge in [-0.3, -0.25) is 4.79 Å². The van der Waals surface area contributed by atoms with Crippen LogP contribution in [0.5, 0.6) is 11.5 Å². The van der Waals surface area contributed by atoms with Crippen LogP contribution in [-0.4, -0.2) is 35.3 Å². The quantitative estimate of drug-likeness (QED) is 0.824. The SMILES string of the molecule is CC.COc1cc2nc(CC3=CN4C=C(C)C(C)=CC4N3)[nH]c(=O)c2cc1OC. The number of aromatic amines is 1. The topological polar surface area (TPSA) is 79.5 Å². The molecule has 2 N–H and O–H groups in total. The summed E-state index contributed by atoms with van der Waals surface area (Å²) in [5.74, 6) is 1.65. The minimum Gasteiger partial charge on any atom is -0.493 e. The van der Waals surface area contributed by atoms with E-state index in [-0.39, 0.29) is 11.7 Å². The summed E-state index contributed by atoms with van der Waals surface area (Å²) in [6, 6.07) is 3.38. The van der Waals surface area contributed by atoms with Crippen molar-refractivity contribution in [2.75, 3.05) is 14.2 Å². The van der Waals surface area contributed by atoms with Gasteiger partial charge in [0.2, 0.25) is 0 Å². The van der Waals surface area contributed by atoms with Gasteiger partial charge in [0, 0.05) is 30.6 Å². The Hall–Kier alpha value is -3.22. The van der Waals surface area contributed by atoms with Gasteiger partial charge in [0.05, 0.1) is 25.1 Å². The second-order valence-electron chi connectivity index (χ2n) is 6.77. The van der Waals surface area contributed by atoms with Crippen molar-refractivity contribution in [2.24, 2.45) is 0 Å². The monoisotopic (exact) mass is 396 g/mol. The van der Waals surface area contributed by atoms with Crippen LogP contribution < -0.4 is 20.3 Å². The van der Waals surface area contributed by atoms with Crippen LogP contribution in [0.2, 0.25) is 0 Å². The van der Waals surface area contributed by atoms with E-state index in [9.17, 15) is 4.79 Å². The lowest BCUT2D eigenvalue weighted by Crippen LogP contribution is -2.33. The molecular weight excluding hydrogens is 368 g/mol. The predicted molar refractivity (Wildman–Crippen MR) is 115 cm³/mol. The molecule has 154 valence electrons. The standard InChI is InChI=1S/C20H22N4O3.C2H6/c1-11-5-19-21-13(10-24(19)9-12(11)2)6-18-22-15-8-17(27-4)16(26-3)7-14(15)20(25)23-18;1-2/h5,7-10,19,21H,6H2,1-4H3,(H,22,23,25);1-2H3. The van der Waals surface area contributed by atoms with Gasteiger partial charge in [0.1, 0.15) is 12.0 Å². The van der Waals surface area contributed by atoms with E-state index in [0.29, 0.717) is 34.6 Å². The first-order valence-electron chi connectivity index (χ1n) is 9.75. The largest absolute Gasteiger partial charge is 0.493 e. The number of hydrogen-bond donors (Lipinski definition) is 2. The molecule has 1 aromatic carbocycles. The highest BCUT2D eigenvalue weighted by Gasteiger charge is 2.24. The van der Waals surface area contributed by atoms with Crippen LogP contribution in [0.25, 0.3) is 10.9 Å². The number of aromatic nitrogens is 2. The van der Waals surface area contributed by atoms with E-state index in [0.717, 1.165) is 5.70 Å². The first-order chi connectivity index (χ1) is 14.0. The molecule has 0 spiro atoms. The van der Waals surface area contributed by atoms with Crippen molar-refractivity contribution in [3.63, 3.8) is 0 Å². The zero-order valence-electron chi connectivity index (χ0n) is 17.8. The maximum Gasteiger partial charge on any atom is 0.258 e. The lowest BCUT2D eigenvalue weighted by atomic mass is 10.1. The average molecular weight is 396 g/mol. The van der Waals surface area contributed by atoms with Crippen molar-refractivity contribution in [2.45, 2.75) is 40.3 Å². The van der Waals surface area contributed by atoms with Crippen LogP contribution in [-0.2, 0) is 6.42 Å². The summed E-state index contributed by atoms with van der Waals surface area (Å²) in [6.07, 6.45) is 6.97. The Balaban J connectivity index is 0.00000117. The third-order valence-corrected chi connectivity index (χ3v) is 4.95. The molecule has 1 aromatic heterocycles. The van der Waals surface area contributed by atoms with E-state index in [2.05, 4.69) is 52.5 Å². The number of methoxy groups -OCH3 is 2. The van der Waals surface area contributed by atoms with Crippen LogP contribution >= 0.6 is 0 Å². The van der Waals surface area contributed by atoms with Crippen molar-refractivity contribution >= 4 is 10.9 Å². The minimum atomic E-state index is -0.196. The zero-order chi connectivity index (χ0) is 21.1. The number of nitrogens with zero attached hydrogens (tertiary/aromatic N) is 2. The van der Waals surface area contributed by atoms with Gasteiger partial charge in [-0.2, -0.15) is 0 Å². The second-order valence-corrected chi connectivity index (χ2v) is 6.77. The van der Waals surface area contributed by atoms with E-state index in [1.165, 1.54) is 11.1 Å². The molecule has 7 heteroatoms. The van der Waals surface area contributed by atoms with Crippen LogP contribution in [0.4, 0.5) is 0 Å². The van der Waals surface area contributed by atoms with Gasteiger partial charge in [0.25, 0.3) is 5.56 Å². The summed E-state index contributed by atoms with van der Waals surface area (Å²) >= 11 is 0. The molecule has 4 rings (SSSR count). The summed E-state index contributed by atoms with van der Waals surface area (Å²) in [7, 11) is 3.10. The van der Waals surface area contributed by atoms with Crippen LogP contribution in [0.1, 0.15) is 33.5 Å². The van der Waals surface area contributed by atoms with E-state index in [1.54, 1.807) is 26.4 Å². The number of H-pyrrole nitrogens is 1. The summed E-state index contributed by atoms with van der Waals surface area (Å²) in [6.45, 7) is 8.20. The van der Waals surface area contributed by atoms with Gasteiger partial charge in [0.15, 0.2) is 11.5 Å². The lowest BCUT2D eigenvalue weighted by Gasteiger charge is -2.25. The highest BCUT2D eigenvalue weighted by Crippen LogP contribution is 2.30. The Labute approximate surface area is 170 Å². The Bertz CT molecular complexity index is 1070. The normalized spacial score (nSPS) is 17.4. The van der Waals surface area contributed by atoms with Crippen molar-refractivity contribution in [1.82, 2.24) is 20.2 Å². The molecule has 7 nitrogen and oxygen atoms in total. The molecule has 0 saturated heterocycles. The molecule has 2 aromatic rings. The maximum absolute atomic E-state index is 12.5. The predicted octanol–water partition coefficient (Wildman–Crippen LogP) is 3.45. The van der Waals surface area contributed by atoms with E-state index >= 15 is 0 Å². The lowest BCUT2D eigenvalue weighted by molar-refractivity contribution is 0.355. The second kappa shape index (κ2) is 8.43. The van der Waals surface area contributed by atoms with Gasteiger partial charge < -0.3 is 24.7 Å². The fourth-order valence-electron chi connectivity index (χ4n) is 3.38. The first-order valence-corrected chi connectivity index (χ1v) is 9.75. The fourth-order valence-corrected chi connectivity index (χ4v) is 3.38. The molecule has 0 radical (unpaired) electrons. The summed E-state index contributed by atoms with van der Waals surface area (Å²) in [5.41, 5.74) is 3.88. The zero-order valence-corrected chi connectivity index (χ0v) is 17.8. The highest BCUT2D eigenvalue weighted by atomic mass is 16.5. The number of fused-ring (bicyclic) bond motifs is 2. The van der Waals surface area contributed by atoms with Crippen molar-refractivity contribution in [3.8, 4) is 11.5 Å². The van der Waals surface area contributed by atoms with Gasteiger partial charge in [-0.1, -0.05) is 13.8 Å². The van der Waals surface area contributed by atoms with Gasteiger partial charge in [-0.15, -0.1) is 0 Å². The molecule has 0 saturated carbocycles. The Morgan fingerprint density at radius 1 is 1.07 bits per heavy atom. The molecule has 1 unspecified atom stereocenters. The van der Waals surface area contributed by atoms with Crippen molar-refractivity contribution in [3.05, 3.63) is 63.6 Å². The van der Waals surface area contributed by atoms with Gasteiger partial charge in [-0.05, 0) is 37.1 Å². The Kier molecular flexibility index (Phi) is 5.96. The molecule has 3 heterocycles. The van der Waals surface area contributed by atoms with E-state index in [4.69, 9.17) is 9.47 Å². The third kappa shape index (κ3) is 3.99. The number of rotatable bonds is 4. The molecule has 0 fully saturated rings. The third-order valence-electron chi connectivity index (χ3n) is 4.95. The first kappa shape index (κ1) is 20.5. The Morgan fingerprint density at radius 3 is 2.45 bits per heavy atom. The number of ether oxygens (including phenoxy) is 2. The van der Waals surface area contributed by atoms with Crippen molar-refractivity contribution in [1.29, 1.82) is 0 Å². The molecule has 2 aliphatic rings. The maximum atomic E-state index is 12.5.